The van der Waals surface area contributed by atoms with Crippen molar-refractivity contribution in [2.45, 2.75) is 13.8 Å². The fourth-order valence-electron chi connectivity index (χ4n) is 2.60. The van der Waals surface area contributed by atoms with Gasteiger partial charge in [0.15, 0.2) is 12.3 Å². The number of anilines is 1. The second-order valence-corrected chi connectivity index (χ2v) is 5.74. The Bertz CT molecular complexity index is 1070. The van der Waals surface area contributed by atoms with E-state index < -0.39 is 24.0 Å². The zero-order chi connectivity index (χ0) is 18.8. The van der Waals surface area contributed by atoms with Gasteiger partial charge >= 0.3 is 5.97 Å². The molecule has 1 aromatic carbocycles. The maximum Gasteiger partial charge on any atom is 0.359 e. The number of ether oxygens (including phenoxy) is 1. The maximum absolute atomic E-state index is 12.3. The SMILES string of the molecule is Cc1nn(C)c(C)c1NC(=O)COC(=O)c1n[nH]c(=O)c2ccccc12. The Morgan fingerprint density at radius 3 is 2.58 bits per heavy atom. The van der Waals surface area contributed by atoms with E-state index in [1.807, 2.05) is 6.92 Å². The van der Waals surface area contributed by atoms with Crippen LogP contribution in [0.25, 0.3) is 10.8 Å². The van der Waals surface area contributed by atoms with Crippen molar-refractivity contribution in [2.24, 2.45) is 7.05 Å². The van der Waals surface area contributed by atoms with Gasteiger partial charge in [0.25, 0.3) is 11.5 Å². The molecule has 1 amide bonds. The molecule has 2 N–H and O–H groups in total. The van der Waals surface area contributed by atoms with Crippen LogP contribution < -0.4 is 10.9 Å². The van der Waals surface area contributed by atoms with Crippen molar-refractivity contribution in [3.63, 3.8) is 0 Å². The molecule has 0 bridgehead atoms. The van der Waals surface area contributed by atoms with Crippen LogP contribution in [0.2, 0.25) is 0 Å². The molecule has 3 aromatic rings. The number of esters is 1. The Hall–Kier alpha value is -3.49. The Morgan fingerprint density at radius 1 is 1.23 bits per heavy atom. The number of fused-ring (bicyclic) bond motifs is 1. The zero-order valence-electron chi connectivity index (χ0n) is 14.5. The van der Waals surface area contributed by atoms with Gasteiger partial charge in [-0.3, -0.25) is 14.3 Å². The van der Waals surface area contributed by atoms with Crippen molar-refractivity contribution >= 4 is 28.3 Å². The first-order valence-corrected chi connectivity index (χ1v) is 7.83. The summed E-state index contributed by atoms with van der Waals surface area (Å²) in [6, 6.07) is 6.53. The van der Waals surface area contributed by atoms with Crippen LogP contribution >= 0.6 is 0 Å². The molecular formula is C17H17N5O4. The lowest BCUT2D eigenvalue weighted by molar-refractivity contribution is -0.119. The first kappa shape index (κ1) is 17.3. The molecule has 0 saturated carbocycles. The molecule has 0 aliphatic heterocycles. The summed E-state index contributed by atoms with van der Waals surface area (Å²) in [6.45, 7) is 3.10. The van der Waals surface area contributed by atoms with Crippen LogP contribution in [0.4, 0.5) is 5.69 Å². The van der Waals surface area contributed by atoms with Crippen LogP contribution in [0.15, 0.2) is 29.1 Å². The lowest BCUT2D eigenvalue weighted by Gasteiger charge is -2.08. The third kappa shape index (κ3) is 3.18. The largest absolute Gasteiger partial charge is 0.451 e. The van der Waals surface area contributed by atoms with E-state index in [2.05, 4.69) is 20.6 Å². The van der Waals surface area contributed by atoms with E-state index in [0.29, 0.717) is 22.2 Å². The molecule has 0 unspecified atom stereocenters. The highest BCUT2D eigenvalue weighted by atomic mass is 16.5. The first-order valence-electron chi connectivity index (χ1n) is 7.83. The molecule has 26 heavy (non-hydrogen) atoms. The van der Waals surface area contributed by atoms with Gasteiger partial charge in [-0.1, -0.05) is 18.2 Å². The van der Waals surface area contributed by atoms with Gasteiger partial charge in [-0.05, 0) is 19.9 Å². The van der Waals surface area contributed by atoms with Crippen LogP contribution in [0.5, 0.6) is 0 Å². The third-order valence-corrected chi connectivity index (χ3v) is 4.00. The summed E-state index contributed by atoms with van der Waals surface area (Å²) in [4.78, 5) is 36.1. The number of nitrogens with one attached hydrogen (secondary N) is 2. The molecule has 0 atom stereocenters. The molecule has 0 saturated heterocycles. The molecule has 0 radical (unpaired) electrons. The summed E-state index contributed by atoms with van der Waals surface area (Å²) >= 11 is 0. The van der Waals surface area contributed by atoms with Crippen molar-refractivity contribution in [2.75, 3.05) is 11.9 Å². The van der Waals surface area contributed by atoms with Crippen molar-refractivity contribution in [1.29, 1.82) is 0 Å². The molecular weight excluding hydrogens is 338 g/mol. The number of nitrogens with zero attached hydrogens (tertiary/aromatic N) is 3. The number of hydrogen-bond acceptors (Lipinski definition) is 6. The van der Waals surface area contributed by atoms with E-state index in [-0.39, 0.29) is 5.69 Å². The molecule has 0 fully saturated rings. The quantitative estimate of drug-likeness (QED) is 0.676. The number of H-pyrrole nitrogens is 1. The number of rotatable bonds is 4. The second-order valence-electron chi connectivity index (χ2n) is 5.74. The predicted octanol–water partition coefficient (Wildman–Crippen LogP) is 1.07. The molecule has 2 aromatic heterocycles. The highest BCUT2D eigenvalue weighted by molar-refractivity contribution is 6.03. The Balaban J connectivity index is 1.72. The molecule has 0 aliphatic carbocycles. The van der Waals surface area contributed by atoms with Gasteiger partial charge in [0.1, 0.15) is 0 Å². The predicted molar refractivity (Wildman–Crippen MR) is 94.0 cm³/mol. The first-order chi connectivity index (χ1) is 12.4. The van der Waals surface area contributed by atoms with Gasteiger partial charge in [-0.25, -0.2) is 9.89 Å². The van der Waals surface area contributed by atoms with Crippen LogP contribution in [0.3, 0.4) is 0 Å². The summed E-state index contributed by atoms with van der Waals surface area (Å²) in [5.41, 5.74) is 1.58. The molecule has 9 heteroatoms. The van der Waals surface area contributed by atoms with Crippen LogP contribution in [-0.4, -0.2) is 38.5 Å². The van der Waals surface area contributed by atoms with E-state index in [1.54, 1.807) is 42.9 Å². The summed E-state index contributed by atoms with van der Waals surface area (Å²) in [5.74, 6) is -1.29. The normalized spacial score (nSPS) is 10.7. The summed E-state index contributed by atoms with van der Waals surface area (Å²) in [7, 11) is 1.77. The number of hydrogen-bond donors (Lipinski definition) is 2. The van der Waals surface area contributed by atoms with E-state index >= 15 is 0 Å². The number of amides is 1. The van der Waals surface area contributed by atoms with Gasteiger partial charge in [0, 0.05) is 12.4 Å². The minimum atomic E-state index is -0.799. The van der Waals surface area contributed by atoms with E-state index in [9.17, 15) is 14.4 Å². The van der Waals surface area contributed by atoms with Gasteiger partial charge < -0.3 is 10.1 Å². The molecule has 9 nitrogen and oxygen atoms in total. The number of benzene rings is 1. The zero-order valence-corrected chi connectivity index (χ0v) is 14.5. The van der Waals surface area contributed by atoms with Gasteiger partial charge in [-0.2, -0.15) is 10.2 Å². The van der Waals surface area contributed by atoms with Gasteiger partial charge in [0.2, 0.25) is 0 Å². The fourth-order valence-corrected chi connectivity index (χ4v) is 2.60. The lowest BCUT2D eigenvalue weighted by Crippen LogP contribution is -2.23. The van der Waals surface area contributed by atoms with Crippen molar-refractivity contribution < 1.29 is 14.3 Å². The van der Waals surface area contributed by atoms with Gasteiger partial charge in [0.05, 0.1) is 22.5 Å². The Kier molecular flexibility index (Phi) is 4.53. The number of carbonyl (C=O) groups is 2. The van der Waals surface area contributed by atoms with E-state index in [0.717, 1.165) is 5.69 Å². The van der Waals surface area contributed by atoms with Crippen LogP contribution in [-0.2, 0) is 16.6 Å². The smallest absolute Gasteiger partial charge is 0.359 e. The number of aryl methyl sites for hydroxylation is 2. The molecule has 134 valence electrons. The molecule has 0 spiro atoms. The van der Waals surface area contributed by atoms with Crippen LogP contribution in [0, 0.1) is 13.8 Å². The summed E-state index contributed by atoms with van der Waals surface area (Å²) < 4.78 is 6.68. The highest BCUT2D eigenvalue weighted by Gasteiger charge is 2.18. The average Bonchev–Trinajstić information content (AvgIpc) is 2.86. The van der Waals surface area contributed by atoms with E-state index in [1.165, 1.54) is 0 Å². The topological polar surface area (TPSA) is 119 Å². The van der Waals surface area contributed by atoms with Crippen LogP contribution in [0.1, 0.15) is 21.9 Å². The maximum atomic E-state index is 12.3. The van der Waals surface area contributed by atoms with Crippen molar-refractivity contribution in [1.82, 2.24) is 20.0 Å². The Labute approximate surface area is 148 Å². The highest BCUT2D eigenvalue weighted by Crippen LogP contribution is 2.18. The lowest BCUT2D eigenvalue weighted by atomic mass is 10.1. The van der Waals surface area contributed by atoms with Gasteiger partial charge in [-0.15, -0.1) is 0 Å². The third-order valence-electron chi connectivity index (χ3n) is 4.00. The number of carbonyl (C=O) groups excluding carboxylic acids is 2. The Morgan fingerprint density at radius 2 is 1.92 bits per heavy atom. The second kappa shape index (κ2) is 6.79. The van der Waals surface area contributed by atoms with Crippen molar-refractivity contribution in [3.05, 3.63) is 51.7 Å². The van der Waals surface area contributed by atoms with Crippen molar-refractivity contribution in [3.8, 4) is 0 Å². The molecule has 2 heterocycles. The average molecular weight is 355 g/mol. The fraction of sp³-hybridized carbons (Fsp3) is 0.235. The van der Waals surface area contributed by atoms with E-state index in [4.69, 9.17) is 4.74 Å². The standard InChI is InChI=1S/C17H17N5O4/c1-9-14(10(2)22(3)21-9)18-13(23)8-26-17(25)15-11-6-4-5-7-12(11)16(24)20-19-15/h4-7H,8H2,1-3H3,(H,18,23)(H,20,24). The monoisotopic (exact) mass is 355 g/mol. The molecule has 0 aliphatic rings. The summed E-state index contributed by atoms with van der Waals surface area (Å²) in [6.07, 6.45) is 0. The molecule has 3 rings (SSSR count). The minimum Gasteiger partial charge on any atom is -0.451 e. The number of aromatic nitrogens is 4. The summed E-state index contributed by atoms with van der Waals surface area (Å²) in [5, 5.41) is 13.5. The number of aromatic amines is 1. The minimum absolute atomic E-state index is 0.0539.